The summed E-state index contributed by atoms with van der Waals surface area (Å²) in [7, 11) is 0. The molecule has 0 unspecified atom stereocenters. The molecule has 0 aromatic heterocycles. The van der Waals surface area contributed by atoms with Crippen molar-refractivity contribution in [3.05, 3.63) is 30.3 Å². The summed E-state index contributed by atoms with van der Waals surface area (Å²) in [6, 6.07) is 6.30. The third-order valence-electron chi connectivity index (χ3n) is 1.46. The van der Waals surface area contributed by atoms with Gasteiger partial charge in [-0.2, -0.15) is 4.90 Å². The van der Waals surface area contributed by atoms with Gasteiger partial charge in [0.1, 0.15) is 0 Å². The Labute approximate surface area is 77.4 Å². The van der Waals surface area contributed by atoms with E-state index < -0.39 is 23.0 Å². The second-order valence-electron chi connectivity index (χ2n) is 2.42. The number of hydrogen-bond acceptors (Lipinski definition) is 1. The Balaban J connectivity index is 3.08. The Morgan fingerprint density at radius 2 is 1.71 bits per heavy atom. The van der Waals surface area contributed by atoms with Gasteiger partial charge in [0.25, 0.3) is 0 Å². The lowest BCUT2D eigenvalue weighted by molar-refractivity contribution is -0.123. The first-order valence-corrected chi connectivity index (χ1v) is 3.58. The summed E-state index contributed by atoms with van der Waals surface area (Å²) < 4.78 is 36.6. The number of carbonyl (C=O) groups is 1. The van der Waals surface area contributed by atoms with Crippen molar-refractivity contribution in [2.24, 2.45) is 0 Å². The predicted octanol–water partition coefficient (Wildman–Crippen LogP) is 2.69. The van der Waals surface area contributed by atoms with Gasteiger partial charge in [0, 0.05) is 0 Å². The number of anilines is 1. The van der Waals surface area contributed by atoms with Crippen LogP contribution in [-0.2, 0) is 0 Å². The van der Waals surface area contributed by atoms with Gasteiger partial charge in [0.2, 0.25) is 0 Å². The topological polar surface area (TPSA) is 40.5 Å². The van der Waals surface area contributed by atoms with Crippen molar-refractivity contribution in [3.8, 4) is 0 Å². The number of amides is 1. The first-order valence-electron chi connectivity index (χ1n) is 3.58. The Hall–Kier alpha value is -1.72. The summed E-state index contributed by atoms with van der Waals surface area (Å²) in [5, 5.41) is 8.37. The molecule has 0 fully saturated rings. The first-order chi connectivity index (χ1) is 6.43. The van der Waals surface area contributed by atoms with Crippen molar-refractivity contribution in [2.45, 2.75) is 6.30 Å². The van der Waals surface area contributed by atoms with Crippen molar-refractivity contribution in [1.82, 2.24) is 0 Å². The molecule has 3 nitrogen and oxygen atoms in total. The van der Waals surface area contributed by atoms with E-state index in [2.05, 4.69) is 0 Å². The van der Waals surface area contributed by atoms with Crippen molar-refractivity contribution in [2.75, 3.05) is 4.90 Å². The lowest BCUT2D eigenvalue weighted by Gasteiger charge is -2.21. The van der Waals surface area contributed by atoms with Gasteiger partial charge >= 0.3 is 12.4 Å². The van der Waals surface area contributed by atoms with E-state index in [1.165, 1.54) is 18.2 Å². The number of benzene rings is 1. The van der Waals surface area contributed by atoms with Crippen LogP contribution < -0.4 is 4.90 Å². The SMILES string of the molecule is O=C(O)N(c1ccccc1)C(F)(F)F. The molecule has 0 aliphatic rings. The largest absolute Gasteiger partial charge is 0.494 e. The molecule has 0 aliphatic heterocycles. The summed E-state index contributed by atoms with van der Waals surface area (Å²) in [6.45, 7) is 0. The van der Waals surface area contributed by atoms with E-state index in [1.807, 2.05) is 0 Å². The number of halogens is 3. The van der Waals surface area contributed by atoms with Gasteiger partial charge < -0.3 is 5.11 Å². The van der Waals surface area contributed by atoms with E-state index in [0.29, 0.717) is 0 Å². The number of para-hydroxylation sites is 1. The molecule has 0 saturated carbocycles. The van der Waals surface area contributed by atoms with Crippen LogP contribution in [-0.4, -0.2) is 17.5 Å². The fraction of sp³-hybridized carbons (Fsp3) is 0.125. The maximum atomic E-state index is 12.2. The summed E-state index contributed by atoms with van der Waals surface area (Å²) in [5.74, 6) is 0. The Kier molecular flexibility index (Phi) is 2.64. The highest BCUT2D eigenvalue weighted by Gasteiger charge is 2.42. The zero-order chi connectivity index (χ0) is 10.8. The molecule has 6 heteroatoms. The number of rotatable bonds is 1. The Bertz CT molecular complexity index is 323. The zero-order valence-electron chi connectivity index (χ0n) is 6.82. The van der Waals surface area contributed by atoms with Gasteiger partial charge in [-0.25, -0.2) is 4.79 Å². The fourth-order valence-corrected chi connectivity index (χ4v) is 0.942. The van der Waals surface area contributed by atoms with Crippen LogP contribution >= 0.6 is 0 Å². The molecule has 0 spiro atoms. The van der Waals surface area contributed by atoms with Crippen LogP contribution in [0.3, 0.4) is 0 Å². The summed E-state index contributed by atoms with van der Waals surface area (Å²) >= 11 is 0. The standard InChI is InChI=1S/C8H6F3NO2/c9-8(10,11)12(7(13)14)6-4-2-1-3-5-6/h1-5H,(H,13,14). The normalized spacial score (nSPS) is 11.1. The molecule has 1 aromatic carbocycles. The number of alkyl halides is 3. The molecule has 76 valence electrons. The molecule has 0 atom stereocenters. The van der Waals surface area contributed by atoms with Gasteiger partial charge in [-0.1, -0.05) is 18.2 Å². The molecule has 0 radical (unpaired) electrons. The second-order valence-corrected chi connectivity index (χ2v) is 2.42. The molecule has 1 rings (SSSR count). The molecule has 0 saturated heterocycles. The van der Waals surface area contributed by atoms with Crippen LogP contribution in [0.2, 0.25) is 0 Å². The average molecular weight is 205 g/mol. The minimum atomic E-state index is -4.92. The van der Waals surface area contributed by atoms with Crippen LogP contribution in [0.15, 0.2) is 30.3 Å². The van der Waals surface area contributed by atoms with E-state index in [1.54, 1.807) is 0 Å². The molecule has 1 amide bonds. The van der Waals surface area contributed by atoms with Gasteiger partial charge in [0.15, 0.2) is 0 Å². The molecule has 0 bridgehead atoms. The van der Waals surface area contributed by atoms with Gasteiger partial charge in [-0.3, -0.25) is 0 Å². The molecule has 1 N–H and O–H groups in total. The lowest BCUT2D eigenvalue weighted by Crippen LogP contribution is -2.42. The zero-order valence-corrected chi connectivity index (χ0v) is 6.82. The van der Waals surface area contributed by atoms with Crippen LogP contribution in [0, 0.1) is 0 Å². The smallest absolute Gasteiger partial charge is 0.464 e. The van der Waals surface area contributed by atoms with Crippen molar-refractivity contribution >= 4 is 11.8 Å². The van der Waals surface area contributed by atoms with Crippen molar-refractivity contribution in [1.29, 1.82) is 0 Å². The average Bonchev–Trinajstić information content (AvgIpc) is 2.02. The van der Waals surface area contributed by atoms with E-state index in [-0.39, 0.29) is 0 Å². The van der Waals surface area contributed by atoms with E-state index in [9.17, 15) is 18.0 Å². The molecule has 1 aromatic rings. The van der Waals surface area contributed by atoms with Crippen molar-refractivity contribution < 1.29 is 23.1 Å². The first kappa shape index (κ1) is 10.4. The number of nitrogens with zero attached hydrogens (tertiary/aromatic N) is 1. The highest BCUT2D eigenvalue weighted by Crippen LogP contribution is 2.27. The van der Waals surface area contributed by atoms with E-state index in [4.69, 9.17) is 5.11 Å². The highest BCUT2D eigenvalue weighted by molar-refractivity contribution is 5.86. The minimum Gasteiger partial charge on any atom is -0.464 e. The van der Waals surface area contributed by atoms with E-state index in [0.717, 1.165) is 12.1 Å². The summed E-state index contributed by atoms with van der Waals surface area (Å²) in [6.07, 6.45) is -6.98. The summed E-state index contributed by atoms with van der Waals surface area (Å²) in [5.41, 5.74) is -0.424. The molecule has 0 aliphatic carbocycles. The van der Waals surface area contributed by atoms with Crippen LogP contribution in [0.5, 0.6) is 0 Å². The maximum Gasteiger partial charge on any atom is 0.494 e. The highest BCUT2D eigenvalue weighted by atomic mass is 19.4. The fourth-order valence-electron chi connectivity index (χ4n) is 0.942. The minimum absolute atomic E-state index is 0.424. The van der Waals surface area contributed by atoms with E-state index >= 15 is 0 Å². The summed E-state index contributed by atoms with van der Waals surface area (Å²) in [4.78, 5) is 9.71. The predicted molar refractivity (Wildman–Crippen MR) is 43.0 cm³/mol. The third kappa shape index (κ3) is 2.15. The lowest BCUT2D eigenvalue weighted by atomic mass is 10.3. The molecule has 14 heavy (non-hydrogen) atoms. The number of hydrogen-bond donors (Lipinski definition) is 1. The number of carboxylic acid groups (broad SMARTS) is 1. The molecular weight excluding hydrogens is 199 g/mol. The van der Waals surface area contributed by atoms with Crippen LogP contribution in [0.1, 0.15) is 0 Å². The maximum absolute atomic E-state index is 12.2. The van der Waals surface area contributed by atoms with Gasteiger partial charge in [-0.15, -0.1) is 13.2 Å². The quantitative estimate of drug-likeness (QED) is 0.716. The monoisotopic (exact) mass is 205 g/mol. The van der Waals surface area contributed by atoms with Gasteiger partial charge in [0.05, 0.1) is 5.69 Å². The third-order valence-corrected chi connectivity index (χ3v) is 1.46. The molecular formula is C8H6F3NO2. The van der Waals surface area contributed by atoms with Gasteiger partial charge in [-0.05, 0) is 12.1 Å². The Morgan fingerprint density at radius 3 is 2.07 bits per heavy atom. The Morgan fingerprint density at radius 1 is 1.21 bits per heavy atom. The van der Waals surface area contributed by atoms with Crippen LogP contribution in [0.4, 0.5) is 23.7 Å². The van der Waals surface area contributed by atoms with Crippen LogP contribution in [0.25, 0.3) is 0 Å². The van der Waals surface area contributed by atoms with Crippen molar-refractivity contribution in [3.63, 3.8) is 0 Å². The molecule has 0 heterocycles. The second kappa shape index (κ2) is 3.57.